The summed E-state index contributed by atoms with van der Waals surface area (Å²) >= 11 is 9.43. The van der Waals surface area contributed by atoms with Crippen LogP contribution in [0, 0.1) is 6.92 Å². The highest BCUT2D eigenvalue weighted by molar-refractivity contribution is 7.18. The van der Waals surface area contributed by atoms with Crippen molar-refractivity contribution in [2.24, 2.45) is 0 Å². The first kappa shape index (κ1) is 10.2. The van der Waals surface area contributed by atoms with Crippen molar-refractivity contribution in [1.82, 2.24) is 9.97 Å². The molecule has 0 radical (unpaired) electrons. The highest BCUT2D eigenvalue weighted by atomic mass is 35.5. The van der Waals surface area contributed by atoms with Gasteiger partial charge in [0.2, 0.25) is 0 Å². The van der Waals surface area contributed by atoms with Crippen molar-refractivity contribution >= 4 is 44.5 Å². The van der Waals surface area contributed by atoms with E-state index in [0.717, 1.165) is 15.8 Å². The molecule has 2 nitrogen and oxygen atoms in total. The molecule has 0 N–H and O–H groups in total. The number of nitrogens with zero attached hydrogens (tertiary/aromatic N) is 2. The van der Waals surface area contributed by atoms with E-state index in [1.807, 2.05) is 29.8 Å². The van der Waals surface area contributed by atoms with Crippen LogP contribution in [0.1, 0.15) is 4.88 Å². The molecule has 0 amide bonds. The third-order valence-electron chi connectivity index (χ3n) is 2.25. The largest absolute Gasteiger partial charge is 0.217 e. The third-order valence-corrected chi connectivity index (χ3v) is 4.16. The van der Waals surface area contributed by atoms with Crippen LogP contribution in [0.25, 0.3) is 21.6 Å². The van der Waals surface area contributed by atoms with Crippen LogP contribution < -0.4 is 0 Å². The van der Waals surface area contributed by atoms with Crippen LogP contribution in [-0.4, -0.2) is 9.97 Å². The molecule has 0 saturated carbocycles. The molecular formula is C11H7ClN2S2. The van der Waals surface area contributed by atoms with E-state index < -0.39 is 0 Å². The van der Waals surface area contributed by atoms with Crippen molar-refractivity contribution in [3.05, 3.63) is 32.9 Å². The Morgan fingerprint density at radius 2 is 2.19 bits per heavy atom. The van der Waals surface area contributed by atoms with E-state index in [4.69, 9.17) is 11.6 Å². The molecule has 0 aliphatic heterocycles. The Labute approximate surface area is 106 Å². The maximum absolute atomic E-state index is 6.15. The molecule has 0 atom stereocenters. The summed E-state index contributed by atoms with van der Waals surface area (Å²) in [5, 5.41) is 5.52. The van der Waals surface area contributed by atoms with Crippen LogP contribution in [0.2, 0.25) is 5.15 Å². The van der Waals surface area contributed by atoms with Crippen LogP contribution in [0.4, 0.5) is 0 Å². The van der Waals surface area contributed by atoms with E-state index >= 15 is 0 Å². The minimum Gasteiger partial charge on any atom is -0.217 e. The van der Waals surface area contributed by atoms with Gasteiger partial charge in [-0.3, -0.25) is 0 Å². The average Bonchev–Trinajstić information content (AvgIpc) is 2.84. The molecule has 5 heteroatoms. The summed E-state index contributed by atoms with van der Waals surface area (Å²) < 4.78 is 0. The number of hydrogen-bond donors (Lipinski definition) is 0. The van der Waals surface area contributed by atoms with Crippen molar-refractivity contribution in [1.29, 1.82) is 0 Å². The molecule has 3 rings (SSSR count). The highest BCUT2D eigenvalue weighted by Gasteiger charge is 2.10. The second-order valence-corrected chi connectivity index (χ2v) is 5.80. The molecule has 16 heavy (non-hydrogen) atoms. The maximum Gasteiger partial charge on any atom is 0.163 e. The molecule has 0 unspecified atom stereocenters. The normalized spacial score (nSPS) is 11.1. The van der Waals surface area contributed by atoms with E-state index in [0.29, 0.717) is 11.0 Å². The van der Waals surface area contributed by atoms with Gasteiger partial charge >= 0.3 is 0 Å². The Morgan fingerprint density at radius 1 is 1.31 bits per heavy atom. The van der Waals surface area contributed by atoms with E-state index in [1.54, 1.807) is 22.7 Å². The molecule has 0 aromatic carbocycles. The van der Waals surface area contributed by atoms with E-state index in [-0.39, 0.29) is 0 Å². The van der Waals surface area contributed by atoms with Crippen LogP contribution in [0.15, 0.2) is 22.9 Å². The number of hydrogen-bond acceptors (Lipinski definition) is 4. The molecule has 0 aliphatic carbocycles. The van der Waals surface area contributed by atoms with Crippen LogP contribution in [0.5, 0.6) is 0 Å². The average molecular weight is 267 g/mol. The molecule has 3 aromatic heterocycles. The summed E-state index contributed by atoms with van der Waals surface area (Å²) in [6.45, 7) is 2.05. The summed E-state index contributed by atoms with van der Waals surface area (Å²) in [6.07, 6.45) is 0. The number of thiophene rings is 2. The van der Waals surface area contributed by atoms with Crippen molar-refractivity contribution in [3.8, 4) is 11.4 Å². The lowest BCUT2D eigenvalue weighted by molar-refractivity contribution is 1.24. The third kappa shape index (κ3) is 1.63. The van der Waals surface area contributed by atoms with Crippen molar-refractivity contribution in [3.63, 3.8) is 0 Å². The molecule has 0 saturated heterocycles. The maximum atomic E-state index is 6.15. The molecule has 3 heterocycles. The Kier molecular flexibility index (Phi) is 2.42. The fourth-order valence-electron chi connectivity index (χ4n) is 1.53. The van der Waals surface area contributed by atoms with Gasteiger partial charge in [0, 0.05) is 21.2 Å². The van der Waals surface area contributed by atoms with Crippen LogP contribution in [-0.2, 0) is 0 Å². The topological polar surface area (TPSA) is 25.8 Å². The predicted molar refractivity (Wildman–Crippen MR) is 70.5 cm³/mol. The van der Waals surface area contributed by atoms with Crippen molar-refractivity contribution in [2.75, 3.05) is 0 Å². The van der Waals surface area contributed by atoms with E-state index in [9.17, 15) is 0 Å². The van der Waals surface area contributed by atoms with Gasteiger partial charge in [0.1, 0.15) is 9.98 Å². The van der Waals surface area contributed by atoms with Crippen molar-refractivity contribution in [2.45, 2.75) is 6.92 Å². The quantitative estimate of drug-likeness (QED) is 0.611. The second kappa shape index (κ2) is 3.80. The first-order valence-electron chi connectivity index (χ1n) is 4.70. The van der Waals surface area contributed by atoms with Crippen LogP contribution >= 0.6 is 34.3 Å². The Balaban J connectivity index is 2.28. The van der Waals surface area contributed by atoms with Gasteiger partial charge in [0.05, 0.1) is 0 Å². The Hall–Kier alpha value is -0.970. The van der Waals surface area contributed by atoms with Gasteiger partial charge in [-0.05, 0) is 24.4 Å². The molecule has 3 aromatic rings. The number of aromatic nitrogens is 2. The highest BCUT2D eigenvalue weighted by Crippen LogP contribution is 2.31. The van der Waals surface area contributed by atoms with Gasteiger partial charge in [-0.25, -0.2) is 9.97 Å². The van der Waals surface area contributed by atoms with Gasteiger partial charge in [-0.15, -0.1) is 11.3 Å². The van der Waals surface area contributed by atoms with Gasteiger partial charge in [0.25, 0.3) is 0 Å². The van der Waals surface area contributed by atoms with E-state index in [1.165, 1.54) is 4.88 Å². The Morgan fingerprint density at radius 3 is 2.94 bits per heavy atom. The zero-order valence-corrected chi connectivity index (χ0v) is 10.8. The summed E-state index contributed by atoms with van der Waals surface area (Å²) in [5.41, 5.74) is 1.03. The fraction of sp³-hybridized carbons (Fsp3) is 0.0909. The van der Waals surface area contributed by atoms with Gasteiger partial charge < -0.3 is 0 Å². The molecule has 0 aliphatic rings. The SMILES string of the molecule is Cc1cc2c(Cl)nc(-c3ccsc3)nc2s1. The summed E-state index contributed by atoms with van der Waals surface area (Å²) in [7, 11) is 0. The lowest BCUT2D eigenvalue weighted by Gasteiger charge is -1.98. The fourth-order valence-corrected chi connectivity index (χ4v) is 3.32. The monoisotopic (exact) mass is 266 g/mol. The zero-order chi connectivity index (χ0) is 11.1. The minimum absolute atomic E-state index is 0.538. The molecule has 0 fully saturated rings. The number of fused-ring (bicyclic) bond motifs is 1. The standard InChI is InChI=1S/C11H7ClN2S2/c1-6-4-8-9(12)13-10(14-11(8)16-6)7-2-3-15-5-7/h2-5H,1H3. The second-order valence-electron chi connectivity index (χ2n) is 3.43. The minimum atomic E-state index is 0.538. The summed E-state index contributed by atoms with van der Waals surface area (Å²) in [6, 6.07) is 4.03. The number of halogens is 1. The first-order valence-corrected chi connectivity index (χ1v) is 6.84. The van der Waals surface area contributed by atoms with Crippen molar-refractivity contribution < 1.29 is 0 Å². The van der Waals surface area contributed by atoms with Gasteiger partial charge in [-0.2, -0.15) is 11.3 Å². The Bertz CT molecular complexity index is 643. The number of aryl methyl sites for hydroxylation is 1. The summed E-state index contributed by atoms with van der Waals surface area (Å²) in [5.74, 6) is 0.709. The van der Waals surface area contributed by atoms with E-state index in [2.05, 4.69) is 9.97 Å². The molecule has 0 spiro atoms. The van der Waals surface area contributed by atoms with Gasteiger partial charge in [-0.1, -0.05) is 11.6 Å². The van der Waals surface area contributed by atoms with Gasteiger partial charge in [0.15, 0.2) is 5.82 Å². The lowest BCUT2D eigenvalue weighted by Crippen LogP contribution is -1.87. The van der Waals surface area contributed by atoms with Crippen LogP contribution in [0.3, 0.4) is 0 Å². The molecule has 80 valence electrons. The summed E-state index contributed by atoms with van der Waals surface area (Å²) in [4.78, 5) is 11.0. The lowest BCUT2D eigenvalue weighted by atomic mass is 10.3. The molecule has 0 bridgehead atoms. The molecular weight excluding hydrogens is 260 g/mol. The smallest absolute Gasteiger partial charge is 0.163 e. The predicted octanol–water partition coefficient (Wildman–Crippen LogP) is 4.38. The first-order chi connectivity index (χ1) is 7.74. The number of rotatable bonds is 1. The zero-order valence-electron chi connectivity index (χ0n) is 8.40.